The molecule has 7 heteroatoms. The van der Waals surface area contributed by atoms with Crippen molar-refractivity contribution in [3.05, 3.63) is 35.6 Å². The number of carbonyl (C=O) groups excluding carboxylic acids is 1. The Kier molecular flexibility index (Phi) is 6.49. The molecule has 5 nitrogen and oxygen atoms in total. The molecule has 0 fully saturated rings. The first-order valence-corrected chi connectivity index (χ1v) is 8.62. The Balaban J connectivity index is 2.61. The first-order valence-electron chi connectivity index (χ1n) is 7.18. The molecule has 124 valence electrons. The number of halogens is 1. The molecule has 1 amide bonds. The highest BCUT2D eigenvalue weighted by Crippen LogP contribution is 2.13. The SMILES string of the molecule is CC(C)N(C)S(=O)(=O)NC(=O)[C@@H](C)CCc1ccccc1F. The monoisotopic (exact) mass is 330 g/mol. The quantitative estimate of drug-likeness (QED) is 0.832. The molecular weight excluding hydrogens is 307 g/mol. The minimum Gasteiger partial charge on any atom is -0.274 e. The minimum atomic E-state index is -3.84. The Morgan fingerprint density at radius 2 is 1.86 bits per heavy atom. The molecule has 1 rings (SSSR count). The predicted octanol–water partition coefficient (Wildman–Crippen LogP) is 2.10. The lowest BCUT2D eigenvalue weighted by Gasteiger charge is -2.22. The summed E-state index contributed by atoms with van der Waals surface area (Å²) in [6, 6.07) is 6.10. The Bertz CT molecular complexity index is 617. The van der Waals surface area contributed by atoms with Crippen molar-refractivity contribution in [2.24, 2.45) is 5.92 Å². The third-order valence-electron chi connectivity index (χ3n) is 3.59. The summed E-state index contributed by atoms with van der Waals surface area (Å²) >= 11 is 0. The molecule has 0 unspecified atom stereocenters. The summed E-state index contributed by atoms with van der Waals surface area (Å²) in [5.74, 6) is -1.43. The number of amides is 1. The third-order valence-corrected chi connectivity index (χ3v) is 5.23. The van der Waals surface area contributed by atoms with E-state index in [2.05, 4.69) is 4.72 Å². The fraction of sp³-hybridized carbons (Fsp3) is 0.533. The Morgan fingerprint density at radius 3 is 2.41 bits per heavy atom. The maximum Gasteiger partial charge on any atom is 0.303 e. The van der Waals surface area contributed by atoms with Crippen LogP contribution in [0.25, 0.3) is 0 Å². The zero-order valence-corrected chi connectivity index (χ0v) is 14.2. The lowest BCUT2D eigenvalue weighted by Crippen LogP contribution is -2.46. The van der Waals surface area contributed by atoms with Crippen LogP contribution in [0.4, 0.5) is 4.39 Å². The molecule has 0 bridgehead atoms. The molecule has 0 saturated heterocycles. The summed E-state index contributed by atoms with van der Waals surface area (Å²) in [4.78, 5) is 12.0. The van der Waals surface area contributed by atoms with Crippen LogP contribution >= 0.6 is 0 Å². The van der Waals surface area contributed by atoms with Gasteiger partial charge in [0.25, 0.3) is 0 Å². The lowest BCUT2D eigenvalue weighted by molar-refractivity contribution is -0.122. The summed E-state index contributed by atoms with van der Waals surface area (Å²) in [7, 11) is -2.43. The maximum absolute atomic E-state index is 13.5. The number of benzene rings is 1. The van der Waals surface area contributed by atoms with Crippen molar-refractivity contribution >= 4 is 16.1 Å². The van der Waals surface area contributed by atoms with Crippen molar-refractivity contribution in [1.29, 1.82) is 0 Å². The van der Waals surface area contributed by atoms with Gasteiger partial charge in [-0.15, -0.1) is 0 Å². The smallest absolute Gasteiger partial charge is 0.274 e. The maximum atomic E-state index is 13.5. The molecular formula is C15H23FN2O3S. The molecule has 0 saturated carbocycles. The molecule has 0 radical (unpaired) electrons. The van der Waals surface area contributed by atoms with Crippen molar-refractivity contribution in [1.82, 2.24) is 9.03 Å². The highest BCUT2D eigenvalue weighted by Gasteiger charge is 2.25. The van der Waals surface area contributed by atoms with Crippen molar-refractivity contribution in [3.8, 4) is 0 Å². The summed E-state index contributed by atoms with van der Waals surface area (Å²) in [5.41, 5.74) is 0.518. The average molecular weight is 330 g/mol. The van der Waals surface area contributed by atoms with Gasteiger partial charge < -0.3 is 0 Å². The number of nitrogens with zero attached hydrogens (tertiary/aromatic N) is 1. The molecule has 1 aromatic carbocycles. The summed E-state index contributed by atoms with van der Waals surface area (Å²) < 4.78 is 40.5. The summed E-state index contributed by atoms with van der Waals surface area (Å²) in [6.07, 6.45) is 0.745. The van der Waals surface area contributed by atoms with E-state index >= 15 is 0 Å². The summed E-state index contributed by atoms with van der Waals surface area (Å²) in [5, 5.41) is 0. The first kappa shape index (κ1) is 18.6. The molecule has 0 aliphatic heterocycles. The van der Waals surface area contributed by atoms with Gasteiger partial charge in [-0.05, 0) is 38.3 Å². The van der Waals surface area contributed by atoms with Crippen LogP contribution in [-0.4, -0.2) is 31.7 Å². The van der Waals surface area contributed by atoms with E-state index in [0.29, 0.717) is 18.4 Å². The number of aryl methyl sites for hydroxylation is 1. The third kappa shape index (κ3) is 5.06. The molecule has 1 aromatic rings. The first-order chi connectivity index (χ1) is 10.1. The van der Waals surface area contributed by atoms with Crippen LogP contribution in [-0.2, 0) is 21.4 Å². The number of nitrogens with one attached hydrogen (secondary N) is 1. The van der Waals surface area contributed by atoms with Gasteiger partial charge in [0.15, 0.2) is 0 Å². The molecule has 0 aliphatic rings. The van der Waals surface area contributed by atoms with Crippen LogP contribution in [0.3, 0.4) is 0 Å². The van der Waals surface area contributed by atoms with E-state index in [1.165, 1.54) is 13.1 Å². The van der Waals surface area contributed by atoms with Gasteiger partial charge in [0.2, 0.25) is 5.91 Å². The lowest BCUT2D eigenvalue weighted by atomic mass is 10.0. The Morgan fingerprint density at radius 1 is 1.27 bits per heavy atom. The molecule has 0 aliphatic carbocycles. The zero-order valence-electron chi connectivity index (χ0n) is 13.3. The molecule has 1 atom stereocenters. The second-order valence-electron chi connectivity index (χ2n) is 5.61. The van der Waals surface area contributed by atoms with Crippen LogP contribution in [0.2, 0.25) is 0 Å². The van der Waals surface area contributed by atoms with E-state index < -0.39 is 22.0 Å². The zero-order chi connectivity index (χ0) is 16.9. The van der Waals surface area contributed by atoms with E-state index in [9.17, 15) is 17.6 Å². The van der Waals surface area contributed by atoms with Crippen LogP contribution in [0, 0.1) is 11.7 Å². The number of carbonyl (C=O) groups is 1. The number of rotatable bonds is 7. The minimum absolute atomic E-state index is 0.251. The van der Waals surface area contributed by atoms with Crippen LogP contribution < -0.4 is 4.72 Å². The topological polar surface area (TPSA) is 66.5 Å². The van der Waals surface area contributed by atoms with Gasteiger partial charge in [-0.3, -0.25) is 4.79 Å². The second-order valence-corrected chi connectivity index (χ2v) is 7.34. The van der Waals surface area contributed by atoms with Crippen LogP contribution in [0.5, 0.6) is 0 Å². The van der Waals surface area contributed by atoms with E-state index in [4.69, 9.17) is 0 Å². The van der Waals surface area contributed by atoms with E-state index in [1.54, 1.807) is 39.0 Å². The predicted molar refractivity (Wildman–Crippen MR) is 83.8 cm³/mol. The van der Waals surface area contributed by atoms with Crippen LogP contribution in [0.1, 0.15) is 32.8 Å². The standard InChI is InChI=1S/C15H23FN2O3S/c1-11(2)18(4)22(20,21)17-15(19)12(3)9-10-13-7-5-6-8-14(13)16/h5-8,11-12H,9-10H2,1-4H3,(H,17,19)/t12-/m0/s1. The highest BCUT2D eigenvalue weighted by atomic mass is 32.2. The van der Waals surface area contributed by atoms with Gasteiger partial charge >= 0.3 is 10.2 Å². The fourth-order valence-electron chi connectivity index (χ4n) is 1.78. The molecule has 22 heavy (non-hydrogen) atoms. The van der Waals surface area contributed by atoms with Gasteiger partial charge in [-0.2, -0.15) is 12.7 Å². The molecule has 0 spiro atoms. The van der Waals surface area contributed by atoms with E-state index in [0.717, 1.165) is 4.31 Å². The molecule has 0 heterocycles. The van der Waals surface area contributed by atoms with Crippen molar-refractivity contribution < 1.29 is 17.6 Å². The van der Waals surface area contributed by atoms with Gasteiger partial charge in [0.1, 0.15) is 5.82 Å². The van der Waals surface area contributed by atoms with Gasteiger partial charge in [0.05, 0.1) is 0 Å². The second kappa shape index (κ2) is 7.69. The van der Waals surface area contributed by atoms with Crippen molar-refractivity contribution in [2.45, 2.75) is 39.7 Å². The average Bonchev–Trinajstić information content (AvgIpc) is 2.44. The van der Waals surface area contributed by atoms with Crippen LogP contribution in [0.15, 0.2) is 24.3 Å². The Labute approximate surface area is 131 Å². The molecule has 1 N–H and O–H groups in total. The van der Waals surface area contributed by atoms with Crippen molar-refractivity contribution in [2.75, 3.05) is 7.05 Å². The normalized spacial score (nSPS) is 13.4. The highest BCUT2D eigenvalue weighted by molar-refractivity contribution is 7.87. The number of hydrogen-bond donors (Lipinski definition) is 1. The largest absolute Gasteiger partial charge is 0.303 e. The van der Waals surface area contributed by atoms with Gasteiger partial charge in [-0.1, -0.05) is 25.1 Å². The van der Waals surface area contributed by atoms with Gasteiger partial charge in [0, 0.05) is 19.0 Å². The summed E-state index contributed by atoms with van der Waals surface area (Å²) in [6.45, 7) is 5.05. The van der Waals surface area contributed by atoms with Crippen molar-refractivity contribution in [3.63, 3.8) is 0 Å². The fourth-order valence-corrected chi connectivity index (χ4v) is 2.94. The van der Waals surface area contributed by atoms with E-state index in [1.807, 2.05) is 0 Å². The van der Waals surface area contributed by atoms with Gasteiger partial charge in [-0.25, -0.2) is 9.11 Å². The Hall–Kier alpha value is -1.47. The van der Waals surface area contributed by atoms with E-state index in [-0.39, 0.29) is 11.9 Å². The number of hydrogen-bond acceptors (Lipinski definition) is 3. The molecule has 0 aromatic heterocycles.